The standard InChI is InChI=1S/C31H44N6O6/c1-37(2)16-17-43-27-14-7-6-13-23(27)31(42)35-24(18-21-10-4-3-5-11-21)26(38)19-22(12-8-9-15-32)30(41)36-25(29(34)40)20-28(33)39/h3-7,10-11,13-14,22,24-25H,8-9,12,15-20,32H2,1-2H3,(H2,33,39)(H2,34,40)(H,35,42)(H,36,41)/t22-,24+,25+/m1/s1. The number of ketones is 1. The van der Waals surface area contributed by atoms with E-state index in [9.17, 15) is 24.0 Å². The van der Waals surface area contributed by atoms with Crippen LogP contribution in [0.1, 0.15) is 48.0 Å². The number of unbranched alkanes of at least 4 members (excludes halogenated alkanes) is 1. The quantitative estimate of drug-likeness (QED) is 0.136. The Morgan fingerprint density at radius 1 is 0.860 bits per heavy atom. The van der Waals surface area contributed by atoms with Crippen molar-refractivity contribution >= 4 is 29.4 Å². The highest BCUT2D eigenvalue weighted by atomic mass is 16.5. The number of carbonyl (C=O) groups excluding carboxylic acids is 5. The fourth-order valence-corrected chi connectivity index (χ4v) is 4.41. The predicted molar refractivity (Wildman–Crippen MR) is 163 cm³/mol. The van der Waals surface area contributed by atoms with Crippen LogP contribution in [0.2, 0.25) is 0 Å². The largest absolute Gasteiger partial charge is 0.491 e. The zero-order valence-corrected chi connectivity index (χ0v) is 24.9. The molecular formula is C31H44N6O6. The molecular weight excluding hydrogens is 552 g/mol. The number of Topliss-reactive ketones (excluding diaryl/α,β-unsaturated/α-hetero) is 1. The Bertz CT molecular complexity index is 1220. The van der Waals surface area contributed by atoms with Gasteiger partial charge in [-0.1, -0.05) is 48.9 Å². The second-order valence-corrected chi connectivity index (χ2v) is 10.6. The summed E-state index contributed by atoms with van der Waals surface area (Å²) in [5.41, 5.74) is 17.3. The predicted octanol–water partition coefficient (Wildman–Crippen LogP) is 0.518. The van der Waals surface area contributed by atoms with Crippen LogP contribution in [0, 0.1) is 5.92 Å². The lowest BCUT2D eigenvalue weighted by molar-refractivity contribution is -0.133. The number of hydrogen-bond donors (Lipinski definition) is 5. The normalized spacial score (nSPS) is 13.0. The van der Waals surface area contributed by atoms with Gasteiger partial charge in [-0.3, -0.25) is 24.0 Å². The van der Waals surface area contributed by atoms with Crippen molar-refractivity contribution in [1.29, 1.82) is 0 Å². The first-order chi connectivity index (χ1) is 20.5. The average Bonchev–Trinajstić information content (AvgIpc) is 2.96. The van der Waals surface area contributed by atoms with Crippen LogP contribution < -0.4 is 32.6 Å². The molecule has 0 aliphatic carbocycles. The monoisotopic (exact) mass is 596 g/mol. The first-order valence-corrected chi connectivity index (χ1v) is 14.3. The molecule has 0 radical (unpaired) electrons. The molecule has 0 fully saturated rings. The number of amides is 4. The third-order valence-corrected chi connectivity index (χ3v) is 6.79. The Morgan fingerprint density at radius 2 is 1.53 bits per heavy atom. The average molecular weight is 597 g/mol. The minimum atomic E-state index is -1.30. The maximum absolute atomic E-state index is 13.8. The molecule has 12 nitrogen and oxygen atoms in total. The third-order valence-electron chi connectivity index (χ3n) is 6.79. The van der Waals surface area contributed by atoms with Gasteiger partial charge in [-0.2, -0.15) is 0 Å². The Kier molecular flexibility index (Phi) is 14.8. The third kappa shape index (κ3) is 12.6. The number of benzene rings is 2. The summed E-state index contributed by atoms with van der Waals surface area (Å²) in [6.45, 7) is 1.41. The maximum Gasteiger partial charge on any atom is 0.255 e. The number of carbonyl (C=O) groups is 5. The summed E-state index contributed by atoms with van der Waals surface area (Å²) in [7, 11) is 3.83. The second kappa shape index (κ2) is 18.3. The van der Waals surface area contributed by atoms with Crippen molar-refractivity contribution in [2.24, 2.45) is 23.1 Å². The molecule has 2 aromatic rings. The van der Waals surface area contributed by atoms with Crippen LogP contribution >= 0.6 is 0 Å². The number of para-hydroxylation sites is 1. The second-order valence-electron chi connectivity index (χ2n) is 10.6. The van der Waals surface area contributed by atoms with Crippen LogP contribution in [-0.2, 0) is 25.6 Å². The lowest BCUT2D eigenvalue weighted by Gasteiger charge is -2.23. The van der Waals surface area contributed by atoms with Crippen LogP contribution in [0.3, 0.4) is 0 Å². The fraction of sp³-hybridized carbons (Fsp3) is 0.452. The Hall–Kier alpha value is -4.29. The molecule has 234 valence electrons. The summed E-state index contributed by atoms with van der Waals surface area (Å²) in [5, 5.41) is 5.32. The molecule has 0 bridgehead atoms. The maximum atomic E-state index is 13.8. The molecule has 0 unspecified atom stereocenters. The zero-order valence-electron chi connectivity index (χ0n) is 24.9. The number of hydrogen-bond acceptors (Lipinski definition) is 8. The van der Waals surface area contributed by atoms with E-state index in [1.54, 1.807) is 24.3 Å². The number of rotatable bonds is 20. The van der Waals surface area contributed by atoms with E-state index in [0.29, 0.717) is 44.7 Å². The van der Waals surface area contributed by atoms with E-state index >= 15 is 0 Å². The van der Waals surface area contributed by atoms with Crippen molar-refractivity contribution in [2.45, 2.75) is 50.6 Å². The molecule has 0 saturated carbocycles. The zero-order chi connectivity index (χ0) is 31.8. The van der Waals surface area contributed by atoms with E-state index in [0.717, 1.165) is 5.56 Å². The van der Waals surface area contributed by atoms with E-state index in [4.69, 9.17) is 21.9 Å². The molecule has 0 aliphatic rings. The smallest absolute Gasteiger partial charge is 0.255 e. The lowest BCUT2D eigenvalue weighted by Crippen LogP contribution is -2.49. The van der Waals surface area contributed by atoms with E-state index in [1.165, 1.54) is 0 Å². The van der Waals surface area contributed by atoms with Gasteiger partial charge in [0.1, 0.15) is 18.4 Å². The molecule has 43 heavy (non-hydrogen) atoms. The van der Waals surface area contributed by atoms with E-state index in [2.05, 4.69) is 10.6 Å². The summed E-state index contributed by atoms with van der Waals surface area (Å²) >= 11 is 0. The number of nitrogens with zero attached hydrogens (tertiary/aromatic N) is 1. The summed E-state index contributed by atoms with van der Waals surface area (Å²) < 4.78 is 5.84. The van der Waals surface area contributed by atoms with Crippen molar-refractivity contribution in [2.75, 3.05) is 33.8 Å². The highest BCUT2D eigenvalue weighted by Gasteiger charge is 2.31. The van der Waals surface area contributed by atoms with Crippen molar-refractivity contribution in [3.8, 4) is 5.75 Å². The van der Waals surface area contributed by atoms with Crippen molar-refractivity contribution in [3.05, 3.63) is 65.7 Å². The molecule has 3 atom stereocenters. The van der Waals surface area contributed by atoms with E-state index < -0.39 is 48.1 Å². The van der Waals surface area contributed by atoms with Crippen LogP contribution in [0.5, 0.6) is 5.75 Å². The number of likely N-dealkylation sites (N-methyl/N-ethyl adjacent to an activating group) is 1. The Labute approximate surface area is 252 Å². The molecule has 0 spiro atoms. The minimum absolute atomic E-state index is 0.192. The van der Waals surface area contributed by atoms with Gasteiger partial charge in [-0.05, 0) is 57.6 Å². The van der Waals surface area contributed by atoms with Crippen LogP contribution in [0.25, 0.3) is 0 Å². The van der Waals surface area contributed by atoms with Crippen LogP contribution in [0.4, 0.5) is 0 Å². The Morgan fingerprint density at radius 3 is 2.16 bits per heavy atom. The van der Waals surface area contributed by atoms with Crippen LogP contribution in [-0.4, -0.2) is 80.2 Å². The van der Waals surface area contributed by atoms with Crippen LogP contribution in [0.15, 0.2) is 54.6 Å². The first-order valence-electron chi connectivity index (χ1n) is 14.3. The molecule has 12 heteroatoms. The summed E-state index contributed by atoms with van der Waals surface area (Å²) in [6.07, 6.45) is 0.966. The summed E-state index contributed by atoms with van der Waals surface area (Å²) in [6, 6.07) is 13.7. The molecule has 0 aromatic heterocycles. The molecule has 0 heterocycles. The highest BCUT2D eigenvalue weighted by Crippen LogP contribution is 2.20. The van der Waals surface area contributed by atoms with Gasteiger partial charge in [0, 0.05) is 18.9 Å². The van der Waals surface area contributed by atoms with Gasteiger partial charge < -0.3 is 37.5 Å². The van der Waals surface area contributed by atoms with Gasteiger partial charge in [0.05, 0.1) is 18.0 Å². The van der Waals surface area contributed by atoms with Gasteiger partial charge in [0.25, 0.3) is 5.91 Å². The number of nitrogens with one attached hydrogen (secondary N) is 2. The molecule has 2 aromatic carbocycles. The van der Waals surface area contributed by atoms with Gasteiger partial charge in [-0.15, -0.1) is 0 Å². The van der Waals surface area contributed by atoms with Crippen molar-refractivity contribution < 1.29 is 28.7 Å². The topological polar surface area (TPSA) is 200 Å². The van der Waals surface area contributed by atoms with Gasteiger partial charge >= 0.3 is 0 Å². The summed E-state index contributed by atoms with van der Waals surface area (Å²) in [5.74, 6) is -3.67. The molecule has 2 rings (SSSR count). The fourth-order valence-electron chi connectivity index (χ4n) is 4.41. The highest BCUT2D eigenvalue weighted by molar-refractivity contribution is 6.01. The van der Waals surface area contributed by atoms with Crippen molar-refractivity contribution in [3.63, 3.8) is 0 Å². The number of ether oxygens (including phenoxy) is 1. The van der Waals surface area contributed by atoms with Gasteiger partial charge in [0.2, 0.25) is 17.7 Å². The van der Waals surface area contributed by atoms with E-state index in [-0.39, 0.29) is 24.2 Å². The minimum Gasteiger partial charge on any atom is -0.491 e. The van der Waals surface area contributed by atoms with Crippen molar-refractivity contribution in [1.82, 2.24) is 15.5 Å². The SMILES string of the molecule is CN(C)CCOc1ccccc1C(=O)N[C@@H](Cc1ccccc1)C(=O)C[C@@H](CCCCN)C(=O)N[C@@H](CC(N)=O)C(N)=O. The number of nitrogens with two attached hydrogens (primary N) is 3. The summed E-state index contributed by atoms with van der Waals surface area (Å²) in [4.78, 5) is 65.6. The molecule has 8 N–H and O–H groups in total. The van der Waals surface area contributed by atoms with Gasteiger partial charge in [0.15, 0.2) is 5.78 Å². The van der Waals surface area contributed by atoms with Gasteiger partial charge in [-0.25, -0.2) is 0 Å². The molecule has 4 amide bonds. The number of primary amides is 2. The molecule has 0 saturated heterocycles. The lowest BCUT2D eigenvalue weighted by atomic mass is 9.90. The van der Waals surface area contributed by atoms with E-state index in [1.807, 2.05) is 49.3 Å². The first kappa shape index (κ1) is 34.9. The Balaban J connectivity index is 2.29. The molecule has 0 aliphatic heterocycles.